The van der Waals surface area contributed by atoms with Gasteiger partial charge < -0.3 is 14.6 Å². The highest BCUT2D eigenvalue weighted by molar-refractivity contribution is 6.03. The number of piperidine rings is 1. The third-order valence-electron chi connectivity index (χ3n) is 5.37. The van der Waals surface area contributed by atoms with Gasteiger partial charge >= 0.3 is 0 Å². The number of aromatic nitrogens is 4. The Morgan fingerprint density at radius 3 is 2.55 bits per heavy atom. The summed E-state index contributed by atoms with van der Waals surface area (Å²) in [6, 6.07) is 16.8. The Labute approximate surface area is 179 Å². The minimum absolute atomic E-state index is 0.287. The number of carbonyl (C=O) groups excluding carboxylic acids is 1. The lowest BCUT2D eigenvalue weighted by molar-refractivity contribution is 0.102. The number of H-pyrrole nitrogens is 1. The summed E-state index contributed by atoms with van der Waals surface area (Å²) < 4.78 is 5.31. The third-order valence-corrected chi connectivity index (χ3v) is 5.37. The molecule has 4 heterocycles. The van der Waals surface area contributed by atoms with Crippen LogP contribution in [-0.2, 0) is 0 Å². The molecule has 1 aromatic carbocycles. The summed E-state index contributed by atoms with van der Waals surface area (Å²) in [5.74, 6) is 1.26. The molecule has 4 aromatic rings. The van der Waals surface area contributed by atoms with Gasteiger partial charge in [0.25, 0.3) is 5.91 Å². The van der Waals surface area contributed by atoms with Crippen LogP contribution in [0.25, 0.3) is 22.7 Å². The van der Waals surface area contributed by atoms with E-state index < -0.39 is 0 Å². The van der Waals surface area contributed by atoms with Crippen LogP contribution in [0.15, 0.2) is 65.3 Å². The lowest BCUT2D eigenvalue weighted by Crippen LogP contribution is -2.30. The summed E-state index contributed by atoms with van der Waals surface area (Å²) in [6.45, 7) is 2.09. The number of anilines is 2. The zero-order chi connectivity index (χ0) is 21.0. The lowest BCUT2D eigenvalue weighted by atomic mass is 10.1. The van der Waals surface area contributed by atoms with Crippen molar-refractivity contribution in [3.8, 4) is 22.7 Å². The molecule has 31 heavy (non-hydrogen) atoms. The van der Waals surface area contributed by atoms with Crippen LogP contribution in [0.4, 0.5) is 11.5 Å². The number of furan rings is 1. The summed E-state index contributed by atoms with van der Waals surface area (Å²) in [5.41, 5.74) is 3.35. The second kappa shape index (κ2) is 8.43. The largest absolute Gasteiger partial charge is 0.463 e. The van der Waals surface area contributed by atoms with Crippen LogP contribution in [0.2, 0.25) is 0 Å². The van der Waals surface area contributed by atoms with E-state index in [1.165, 1.54) is 19.3 Å². The van der Waals surface area contributed by atoms with Crippen LogP contribution in [0, 0.1) is 0 Å². The first kappa shape index (κ1) is 19.0. The van der Waals surface area contributed by atoms with Crippen molar-refractivity contribution in [2.45, 2.75) is 19.3 Å². The van der Waals surface area contributed by atoms with E-state index in [1.54, 1.807) is 24.5 Å². The van der Waals surface area contributed by atoms with Crippen molar-refractivity contribution in [3.63, 3.8) is 0 Å². The molecule has 0 saturated carbocycles. The smallest absolute Gasteiger partial charge is 0.276 e. The van der Waals surface area contributed by atoms with Gasteiger partial charge in [-0.25, -0.2) is 0 Å². The van der Waals surface area contributed by atoms with Gasteiger partial charge in [0.05, 0.1) is 12.0 Å². The Balaban J connectivity index is 1.24. The molecule has 0 spiro atoms. The summed E-state index contributed by atoms with van der Waals surface area (Å²) in [4.78, 5) is 14.8. The predicted octanol–water partition coefficient (Wildman–Crippen LogP) is 4.37. The third kappa shape index (κ3) is 4.18. The maximum atomic E-state index is 12.5. The molecule has 0 atom stereocenters. The first-order valence-electron chi connectivity index (χ1n) is 10.4. The van der Waals surface area contributed by atoms with Crippen LogP contribution < -0.4 is 10.2 Å². The van der Waals surface area contributed by atoms with Gasteiger partial charge in [-0.3, -0.25) is 9.89 Å². The topological polar surface area (TPSA) is 99.9 Å². The molecule has 5 rings (SSSR count). The standard InChI is InChI=1S/C23H22N6O2/c30-23(20-15-19(26-27-20)21-5-4-14-31-21)24-17-8-6-16(7-9-17)18-10-11-22(28-25-18)29-12-2-1-3-13-29/h4-11,14-15H,1-3,12-13H2,(H,24,30)(H,26,27). The second-order valence-electron chi connectivity index (χ2n) is 7.50. The van der Waals surface area contributed by atoms with E-state index in [9.17, 15) is 4.79 Å². The van der Waals surface area contributed by atoms with Crippen molar-refractivity contribution in [1.29, 1.82) is 0 Å². The normalized spacial score (nSPS) is 13.9. The average molecular weight is 414 g/mol. The Kier molecular flexibility index (Phi) is 5.18. The fourth-order valence-electron chi connectivity index (χ4n) is 3.69. The summed E-state index contributed by atoms with van der Waals surface area (Å²) in [6.07, 6.45) is 5.28. The number of hydrogen-bond donors (Lipinski definition) is 2. The Morgan fingerprint density at radius 2 is 1.84 bits per heavy atom. The number of hydrogen-bond acceptors (Lipinski definition) is 6. The van der Waals surface area contributed by atoms with E-state index >= 15 is 0 Å². The van der Waals surface area contributed by atoms with E-state index in [0.717, 1.165) is 30.2 Å². The molecule has 2 N–H and O–H groups in total. The number of aromatic amines is 1. The molecule has 156 valence electrons. The predicted molar refractivity (Wildman–Crippen MR) is 118 cm³/mol. The molecule has 1 fully saturated rings. The number of nitrogens with zero attached hydrogens (tertiary/aromatic N) is 4. The van der Waals surface area contributed by atoms with Crippen molar-refractivity contribution in [1.82, 2.24) is 20.4 Å². The first-order valence-corrected chi connectivity index (χ1v) is 10.4. The zero-order valence-corrected chi connectivity index (χ0v) is 16.9. The van der Waals surface area contributed by atoms with Gasteiger partial charge in [0.1, 0.15) is 5.69 Å². The molecule has 1 saturated heterocycles. The molecule has 8 nitrogen and oxygen atoms in total. The molecule has 8 heteroatoms. The molecule has 1 aliphatic rings. The van der Waals surface area contributed by atoms with Crippen molar-refractivity contribution < 1.29 is 9.21 Å². The molecule has 0 unspecified atom stereocenters. The van der Waals surface area contributed by atoms with Crippen molar-refractivity contribution in [2.24, 2.45) is 0 Å². The van der Waals surface area contributed by atoms with Gasteiger partial charge in [-0.1, -0.05) is 12.1 Å². The quantitative estimate of drug-likeness (QED) is 0.503. The van der Waals surface area contributed by atoms with Gasteiger partial charge in [0.2, 0.25) is 0 Å². The van der Waals surface area contributed by atoms with Gasteiger partial charge in [-0.2, -0.15) is 5.10 Å². The second-order valence-corrected chi connectivity index (χ2v) is 7.50. The highest BCUT2D eigenvalue weighted by Gasteiger charge is 2.14. The number of amides is 1. The molecule has 0 aliphatic carbocycles. The summed E-state index contributed by atoms with van der Waals surface area (Å²) >= 11 is 0. The lowest BCUT2D eigenvalue weighted by Gasteiger charge is -2.27. The van der Waals surface area contributed by atoms with Crippen LogP contribution in [0.5, 0.6) is 0 Å². The average Bonchev–Trinajstić information content (AvgIpc) is 3.53. The SMILES string of the molecule is O=C(Nc1ccc(-c2ccc(N3CCCCC3)nn2)cc1)c1cc(-c2ccco2)[nH]n1. The molecule has 1 amide bonds. The van der Waals surface area contributed by atoms with Gasteiger partial charge in [-0.05, 0) is 55.7 Å². The van der Waals surface area contributed by atoms with Crippen LogP contribution in [0.1, 0.15) is 29.8 Å². The maximum absolute atomic E-state index is 12.5. The van der Waals surface area contributed by atoms with E-state index in [0.29, 0.717) is 17.1 Å². The number of rotatable bonds is 5. The van der Waals surface area contributed by atoms with Gasteiger partial charge in [0, 0.05) is 30.4 Å². The Bertz CT molecular complexity index is 1140. The maximum Gasteiger partial charge on any atom is 0.276 e. The first-order chi connectivity index (χ1) is 15.3. The molecule has 3 aromatic heterocycles. The van der Waals surface area contributed by atoms with Gasteiger partial charge in [-0.15, -0.1) is 10.2 Å². The summed E-state index contributed by atoms with van der Waals surface area (Å²) in [7, 11) is 0. The van der Waals surface area contributed by atoms with Crippen LogP contribution in [0.3, 0.4) is 0 Å². The molecule has 1 aliphatic heterocycles. The van der Waals surface area contributed by atoms with Gasteiger partial charge in [0.15, 0.2) is 17.3 Å². The van der Waals surface area contributed by atoms with Crippen molar-refractivity contribution in [3.05, 3.63) is 66.6 Å². The minimum atomic E-state index is -0.299. The van der Waals surface area contributed by atoms with Crippen molar-refractivity contribution in [2.75, 3.05) is 23.3 Å². The molecular weight excluding hydrogens is 392 g/mol. The molecular formula is C23H22N6O2. The minimum Gasteiger partial charge on any atom is -0.463 e. The highest BCUT2D eigenvalue weighted by atomic mass is 16.3. The van der Waals surface area contributed by atoms with E-state index in [2.05, 4.69) is 30.6 Å². The number of nitrogens with one attached hydrogen (secondary N) is 2. The number of carbonyl (C=O) groups is 1. The zero-order valence-electron chi connectivity index (χ0n) is 16.9. The van der Waals surface area contributed by atoms with Crippen LogP contribution >= 0.6 is 0 Å². The van der Waals surface area contributed by atoms with Crippen LogP contribution in [-0.4, -0.2) is 39.4 Å². The van der Waals surface area contributed by atoms with E-state index in [4.69, 9.17) is 4.42 Å². The Morgan fingerprint density at radius 1 is 1.00 bits per heavy atom. The van der Waals surface area contributed by atoms with E-state index in [-0.39, 0.29) is 11.6 Å². The van der Waals surface area contributed by atoms with E-state index in [1.807, 2.05) is 36.4 Å². The fourth-order valence-corrected chi connectivity index (χ4v) is 3.69. The number of benzene rings is 1. The monoisotopic (exact) mass is 414 g/mol. The summed E-state index contributed by atoms with van der Waals surface area (Å²) in [5, 5.41) is 18.5. The Hall–Kier alpha value is -3.94. The molecule has 0 bridgehead atoms. The highest BCUT2D eigenvalue weighted by Crippen LogP contribution is 2.23. The van der Waals surface area contributed by atoms with Crippen molar-refractivity contribution >= 4 is 17.4 Å². The molecule has 0 radical (unpaired) electrons. The fraction of sp³-hybridized carbons (Fsp3) is 0.217.